The third-order valence-corrected chi connectivity index (χ3v) is 4.65. The van der Waals surface area contributed by atoms with Crippen molar-refractivity contribution in [3.05, 3.63) is 53.9 Å². The van der Waals surface area contributed by atoms with Gasteiger partial charge in [-0.15, -0.1) is 0 Å². The third kappa shape index (κ3) is 4.67. The van der Waals surface area contributed by atoms with E-state index in [1.807, 2.05) is 18.2 Å². The second-order valence-corrected chi connectivity index (χ2v) is 6.60. The van der Waals surface area contributed by atoms with E-state index in [0.717, 1.165) is 25.8 Å². The number of aromatic nitrogens is 1. The number of nitrogens with zero attached hydrogens (tertiary/aromatic N) is 2. The molecule has 1 aliphatic heterocycles. The molecular weight excluding hydrogens is 318 g/mol. The molecule has 0 saturated carbocycles. The highest BCUT2D eigenvalue weighted by molar-refractivity contribution is 5.86. The van der Waals surface area contributed by atoms with Crippen LogP contribution in [0.4, 0.5) is 0 Å². The molecule has 1 unspecified atom stereocenters. The van der Waals surface area contributed by atoms with Crippen LogP contribution in [0.25, 0.3) is 0 Å². The molecule has 0 bridgehead atoms. The van der Waals surface area contributed by atoms with E-state index in [-0.39, 0.29) is 12.5 Å². The van der Waals surface area contributed by atoms with Crippen LogP contribution in [0.1, 0.15) is 30.6 Å². The molecule has 1 aromatic carbocycles. The number of rotatable bonds is 8. The molecule has 1 fully saturated rings. The van der Waals surface area contributed by atoms with Crippen LogP contribution in [0.5, 0.6) is 0 Å². The topological polar surface area (TPSA) is 78.6 Å². The molecule has 3 rings (SSSR count). The zero-order valence-electron chi connectivity index (χ0n) is 14.4. The second kappa shape index (κ2) is 8.27. The van der Waals surface area contributed by atoms with Gasteiger partial charge in [0.05, 0.1) is 12.7 Å². The molecule has 2 aromatic rings. The normalized spacial score (nSPS) is 20.8. The van der Waals surface area contributed by atoms with Gasteiger partial charge in [-0.25, -0.2) is 0 Å². The molecular formula is C19H25N3O3. The maximum Gasteiger partial charge on any atom is 0.255 e. The Kier molecular flexibility index (Phi) is 5.83. The highest BCUT2D eigenvalue weighted by atomic mass is 16.5. The number of piperidine rings is 1. The third-order valence-electron chi connectivity index (χ3n) is 4.65. The smallest absolute Gasteiger partial charge is 0.255 e. The molecule has 2 heterocycles. The molecule has 6 nitrogen and oxygen atoms in total. The quantitative estimate of drug-likeness (QED) is 0.763. The fourth-order valence-corrected chi connectivity index (χ4v) is 3.29. The monoisotopic (exact) mass is 343 g/mol. The number of hydrogen-bond acceptors (Lipinski definition) is 5. The van der Waals surface area contributed by atoms with Crippen molar-refractivity contribution < 1.29 is 14.4 Å². The van der Waals surface area contributed by atoms with Gasteiger partial charge in [0, 0.05) is 25.7 Å². The maximum atomic E-state index is 12.7. The molecule has 0 spiro atoms. The molecule has 25 heavy (non-hydrogen) atoms. The summed E-state index contributed by atoms with van der Waals surface area (Å²) >= 11 is 0. The summed E-state index contributed by atoms with van der Waals surface area (Å²) in [6.45, 7) is 2.07. The molecule has 1 aromatic heterocycles. The van der Waals surface area contributed by atoms with E-state index in [2.05, 4.69) is 22.6 Å². The van der Waals surface area contributed by atoms with Crippen molar-refractivity contribution in [2.45, 2.75) is 37.8 Å². The van der Waals surface area contributed by atoms with Gasteiger partial charge in [-0.05, 0) is 31.2 Å². The van der Waals surface area contributed by atoms with E-state index in [4.69, 9.17) is 4.52 Å². The van der Waals surface area contributed by atoms with Crippen molar-refractivity contribution in [3.8, 4) is 0 Å². The minimum atomic E-state index is -1.33. The first kappa shape index (κ1) is 17.6. The molecule has 1 aliphatic rings. The van der Waals surface area contributed by atoms with Crippen molar-refractivity contribution in [2.75, 3.05) is 19.6 Å². The van der Waals surface area contributed by atoms with Crippen LogP contribution in [0, 0.1) is 0 Å². The average Bonchev–Trinajstić information content (AvgIpc) is 3.13. The lowest BCUT2D eigenvalue weighted by Crippen LogP contribution is -2.58. The van der Waals surface area contributed by atoms with E-state index in [1.54, 1.807) is 17.2 Å². The number of nitrogens with one attached hydrogen (secondary N) is 1. The van der Waals surface area contributed by atoms with Gasteiger partial charge in [0.2, 0.25) is 0 Å². The number of amides is 1. The number of benzene rings is 1. The zero-order chi connectivity index (χ0) is 17.5. The predicted molar refractivity (Wildman–Crippen MR) is 93.7 cm³/mol. The lowest BCUT2D eigenvalue weighted by Gasteiger charge is -2.38. The van der Waals surface area contributed by atoms with Crippen LogP contribution in [0.3, 0.4) is 0 Å². The van der Waals surface area contributed by atoms with Gasteiger partial charge in [-0.1, -0.05) is 35.5 Å². The number of aryl methyl sites for hydroxylation is 1. The van der Waals surface area contributed by atoms with Gasteiger partial charge in [0.25, 0.3) is 5.91 Å². The van der Waals surface area contributed by atoms with Crippen LogP contribution < -0.4 is 5.32 Å². The molecule has 0 aliphatic carbocycles. The van der Waals surface area contributed by atoms with Gasteiger partial charge in [0.1, 0.15) is 5.76 Å². The summed E-state index contributed by atoms with van der Waals surface area (Å²) in [5.74, 6) is 0.517. The number of aliphatic hydroxyl groups is 1. The fourth-order valence-electron chi connectivity index (χ4n) is 3.29. The van der Waals surface area contributed by atoms with Crippen LogP contribution in [-0.2, 0) is 17.8 Å². The van der Waals surface area contributed by atoms with E-state index >= 15 is 0 Å². The van der Waals surface area contributed by atoms with Crippen molar-refractivity contribution >= 4 is 5.91 Å². The first-order chi connectivity index (χ1) is 12.2. The molecule has 1 saturated heterocycles. The molecule has 6 heteroatoms. The van der Waals surface area contributed by atoms with Gasteiger partial charge in [0.15, 0.2) is 5.60 Å². The number of carbonyl (C=O) groups excluding carboxylic acids is 1. The van der Waals surface area contributed by atoms with E-state index < -0.39 is 5.60 Å². The Morgan fingerprint density at radius 2 is 2.12 bits per heavy atom. The van der Waals surface area contributed by atoms with Crippen LogP contribution >= 0.6 is 0 Å². The van der Waals surface area contributed by atoms with E-state index in [9.17, 15) is 9.90 Å². The minimum Gasteiger partial charge on any atom is -0.379 e. The molecule has 2 N–H and O–H groups in total. The van der Waals surface area contributed by atoms with Crippen LogP contribution in [0.2, 0.25) is 0 Å². The molecule has 0 radical (unpaired) electrons. The summed E-state index contributed by atoms with van der Waals surface area (Å²) in [5.41, 5.74) is -0.0543. The van der Waals surface area contributed by atoms with Gasteiger partial charge in [-0.2, -0.15) is 0 Å². The molecule has 1 atom stereocenters. The highest BCUT2D eigenvalue weighted by Crippen LogP contribution is 2.22. The average molecular weight is 343 g/mol. The molecule has 134 valence electrons. The predicted octanol–water partition coefficient (Wildman–Crippen LogP) is 1.75. The lowest BCUT2D eigenvalue weighted by atomic mass is 9.91. The summed E-state index contributed by atoms with van der Waals surface area (Å²) in [6.07, 6.45) is 4.72. The number of carbonyl (C=O) groups is 1. The fraction of sp³-hybridized carbons (Fsp3) is 0.474. The number of likely N-dealkylation sites (tertiary alicyclic amines) is 1. The Morgan fingerprint density at radius 3 is 2.88 bits per heavy atom. The number of hydrogen-bond donors (Lipinski definition) is 2. The SMILES string of the molecule is O=C1N(CCCc2ccccc2)CCCC1(O)CNCc1ccno1. The molecule has 1 amide bonds. The maximum absolute atomic E-state index is 12.7. The van der Waals surface area contributed by atoms with Crippen molar-refractivity contribution in [2.24, 2.45) is 0 Å². The van der Waals surface area contributed by atoms with Gasteiger partial charge < -0.3 is 19.8 Å². The van der Waals surface area contributed by atoms with Crippen LogP contribution in [0.15, 0.2) is 47.1 Å². The first-order valence-corrected chi connectivity index (χ1v) is 8.83. The van der Waals surface area contributed by atoms with E-state index in [0.29, 0.717) is 25.3 Å². The largest absolute Gasteiger partial charge is 0.379 e. The Hall–Kier alpha value is -2.18. The zero-order valence-corrected chi connectivity index (χ0v) is 14.4. The first-order valence-electron chi connectivity index (χ1n) is 8.83. The Labute approximate surface area is 147 Å². The second-order valence-electron chi connectivity index (χ2n) is 6.60. The highest BCUT2D eigenvalue weighted by Gasteiger charge is 2.41. The van der Waals surface area contributed by atoms with Gasteiger partial charge in [-0.3, -0.25) is 4.79 Å². The minimum absolute atomic E-state index is 0.170. The Bertz CT molecular complexity index is 660. The van der Waals surface area contributed by atoms with Crippen molar-refractivity contribution in [3.63, 3.8) is 0 Å². The summed E-state index contributed by atoms with van der Waals surface area (Å²) < 4.78 is 5.01. The standard InChI is InChI=1S/C19H25N3O3/c23-18-19(24,15-20-14-17-9-11-21-25-17)10-5-13-22(18)12-4-8-16-6-2-1-3-7-16/h1-3,6-7,9,11,20,24H,4-5,8,10,12-15H2. The summed E-state index contributed by atoms with van der Waals surface area (Å²) in [6, 6.07) is 12.0. The van der Waals surface area contributed by atoms with E-state index in [1.165, 1.54) is 5.56 Å². The Morgan fingerprint density at radius 1 is 1.28 bits per heavy atom. The van der Waals surface area contributed by atoms with Crippen molar-refractivity contribution in [1.29, 1.82) is 0 Å². The van der Waals surface area contributed by atoms with Crippen molar-refractivity contribution in [1.82, 2.24) is 15.4 Å². The van der Waals surface area contributed by atoms with Crippen LogP contribution in [-0.4, -0.2) is 46.3 Å². The summed E-state index contributed by atoms with van der Waals surface area (Å²) in [7, 11) is 0. The summed E-state index contributed by atoms with van der Waals surface area (Å²) in [5, 5.41) is 17.5. The van der Waals surface area contributed by atoms with Gasteiger partial charge >= 0.3 is 0 Å². The Balaban J connectivity index is 1.47. The lowest BCUT2D eigenvalue weighted by molar-refractivity contribution is -0.156. The summed E-state index contributed by atoms with van der Waals surface area (Å²) in [4.78, 5) is 14.5.